The zero-order chi connectivity index (χ0) is 8.81. The van der Waals surface area contributed by atoms with Crippen LogP contribution in [0.3, 0.4) is 0 Å². The first-order chi connectivity index (χ1) is 5.79. The van der Waals surface area contributed by atoms with Gasteiger partial charge in [-0.3, -0.25) is 15.1 Å². The molecule has 1 heterocycles. The number of nitro groups is 1. The number of rotatable bonds is 3. The van der Waals surface area contributed by atoms with E-state index in [1.54, 1.807) is 24.5 Å². The van der Waals surface area contributed by atoms with Crippen LogP contribution in [0.2, 0.25) is 0 Å². The number of nitrogens with zero attached hydrogens (tertiary/aromatic N) is 2. The first-order valence-corrected chi connectivity index (χ1v) is 3.26. The van der Waals surface area contributed by atoms with E-state index >= 15 is 0 Å². The number of pyridine rings is 1. The highest BCUT2D eigenvalue weighted by molar-refractivity contribution is 5.41. The van der Waals surface area contributed by atoms with Crippen molar-refractivity contribution in [1.29, 1.82) is 0 Å². The summed E-state index contributed by atoms with van der Waals surface area (Å²) >= 11 is 0. The fourth-order valence-corrected chi connectivity index (χ4v) is 0.642. The lowest BCUT2D eigenvalue weighted by molar-refractivity contribution is -0.402. The van der Waals surface area contributed by atoms with Gasteiger partial charge in [0.15, 0.2) is 0 Å². The van der Waals surface area contributed by atoms with Gasteiger partial charge in [0.1, 0.15) is 0 Å². The van der Waals surface area contributed by atoms with Crippen LogP contribution in [-0.2, 0) is 0 Å². The van der Waals surface area contributed by atoms with E-state index in [4.69, 9.17) is 0 Å². The molecule has 0 bridgehead atoms. The van der Waals surface area contributed by atoms with Gasteiger partial charge in [0, 0.05) is 6.20 Å². The molecular weight excluding hydrogens is 158 g/mol. The highest BCUT2D eigenvalue weighted by Gasteiger charge is 1.86. The molecule has 0 saturated carbocycles. The molecule has 1 aromatic heterocycles. The van der Waals surface area contributed by atoms with Gasteiger partial charge in [-0.25, -0.2) is 0 Å². The van der Waals surface area contributed by atoms with Gasteiger partial charge in [0.05, 0.1) is 23.0 Å². The quantitative estimate of drug-likeness (QED) is 0.540. The van der Waals surface area contributed by atoms with Gasteiger partial charge >= 0.3 is 0 Å². The molecule has 0 fully saturated rings. The average molecular weight is 165 g/mol. The third kappa shape index (κ3) is 2.78. The van der Waals surface area contributed by atoms with E-state index in [0.29, 0.717) is 0 Å². The summed E-state index contributed by atoms with van der Waals surface area (Å²) in [5.74, 6) is 0. The smallest absolute Gasteiger partial charge is 0.250 e. The highest BCUT2D eigenvalue weighted by atomic mass is 16.6. The lowest BCUT2D eigenvalue weighted by Gasteiger charge is -1.95. The third-order valence-electron chi connectivity index (χ3n) is 1.11. The van der Waals surface area contributed by atoms with Crippen molar-refractivity contribution in [3.63, 3.8) is 0 Å². The Kier molecular flexibility index (Phi) is 2.78. The summed E-state index contributed by atoms with van der Waals surface area (Å²) in [6, 6.07) is 3.50. The molecule has 0 aliphatic carbocycles. The Morgan fingerprint density at radius 2 is 2.50 bits per heavy atom. The Hall–Kier alpha value is -1.91. The molecule has 12 heavy (non-hydrogen) atoms. The summed E-state index contributed by atoms with van der Waals surface area (Å²) in [6.07, 6.45) is 5.27. The summed E-state index contributed by atoms with van der Waals surface area (Å²) in [7, 11) is 0. The maximum absolute atomic E-state index is 9.85. The van der Waals surface area contributed by atoms with Crippen LogP contribution in [0.5, 0.6) is 0 Å². The predicted molar refractivity (Wildman–Crippen MR) is 44.0 cm³/mol. The molecule has 5 nitrogen and oxygen atoms in total. The Balaban J connectivity index is 2.49. The standard InChI is InChI=1S/C7H7N3O2/c11-10(12)5-4-9-7-2-1-3-8-6-7/h1-6,9H. The zero-order valence-corrected chi connectivity index (χ0v) is 6.18. The van der Waals surface area contributed by atoms with Crippen molar-refractivity contribution in [2.45, 2.75) is 0 Å². The molecule has 1 N–H and O–H groups in total. The zero-order valence-electron chi connectivity index (χ0n) is 6.18. The fraction of sp³-hybridized carbons (Fsp3) is 0. The summed E-state index contributed by atoms with van der Waals surface area (Å²) in [4.78, 5) is 13.1. The molecule has 62 valence electrons. The van der Waals surface area contributed by atoms with E-state index < -0.39 is 4.92 Å². The van der Waals surface area contributed by atoms with Crippen molar-refractivity contribution in [2.24, 2.45) is 0 Å². The Morgan fingerprint density at radius 3 is 3.08 bits per heavy atom. The molecule has 5 heteroatoms. The normalized spacial score (nSPS) is 10.0. The van der Waals surface area contributed by atoms with Crippen LogP contribution in [-0.4, -0.2) is 9.91 Å². The van der Waals surface area contributed by atoms with E-state index in [1.807, 2.05) is 0 Å². The highest BCUT2D eigenvalue weighted by Crippen LogP contribution is 2.01. The van der Waals surface area contributed by atoms with Crippen molar-refractivity contribution in [1.82, 2.24) is 4.98 Å². The maximum Gasteiger partial charge on any atom is 0.250 e. The van der Waals surface area contributed by atoms with Crippen molar-refractivity contribution >= 4 is 5.69 Å². The summed E-state index contributed by atoms with van der Waals surface area (Å²) in [5, 5.41) is 12.5. The van der Waals surface area contributed by atoms with Gasteiger partial charge < -0.3 is 5.32 Å². The molecule has 0 aliphatic rings. The van der Waals surface area contributed by atoms with Crippen molar-refractivity contribution in [3.05, 3.63) is 47.0 Å². The van der Waals surface area contributed by atoms with E-state index in [9.17, 15) is 10.1 Å². The Morgan fingerprint density at radius 1 is 1.67 bits per heavy atom. The topological polar surface area (TPSA) is 68.1 Å². The molecule has 1 rings (SSSR count). The molecule has 0 radical (unpaired) electrons. The molecule has 0 aliphatic heterocycles. The SMILES string of the molecule is O=[N+]([O-])C=CNc1cccnc1. The largest absolute Gasteiger partial charge is 0.355 e. The predicted octanol–water partition coefficient (Wildman–Crippen LogP) is 1.24. The van der Waals surface area contributed by atoms with Gasteiger partial charge in [-0.1, -0.05) is 0 Å². The molecule has 0 aromatic carbocycles. The number of hydrogen-bond acceptors (Lipinski definition) is 4. The fourth-order valence-electron chi connectivity index (χ4n) is 0.642. The van der Waals surface area contributed by atoms with Gasteiger partial charge in [0.2, 0.25) is 6.20 Å². The second-order valence-corrected chi connectivity index (χ2v) is 1.99. The first kappa shape index (κ1) is 8.19. The van der Waals surface area contributed by atoms with Crippen LogP contribution < -0.4 is 5.32 Å². The third-order valence-corrected chi connectivity index (χ3v) is 1.11. The monoisotopic (exact) mass is 165 g/mol. The minimum absolute atomic E-state index is 0.538. The second kappa shape index (κ2) is 4.07. The number of anilines is 1. The van der Waals surface area contributed by atoms with Gasteiger partial charge in [0.25, 0.3) is 0 Å². The first-order valence-electron chi connectivity index (χ1n) is 3.26. The summed E-state index contributed by atoms with van der Waals surface area (Å²) in [6.45, 7) is 0. The minimum Gasteiger partial charge on any atom is -0.355 e. The number of nitrogens with one attached hydrogen (secondary N) is 1. The molecule has 0 spiro atoms. The lowest BCUT2D eigenvalue weighted by atomic mass is 10.4. The minimum atomic E-state index is -0.538. The molecule has 0 saturated heterocycles. The average Bonchev–Trinajstić information content (AvgIpc) is 2.05. The van der Waals surface area contributed by atoms with Gasteiger partial charge in [-0.2, -0.15) is 0 Å². The molecule has 1 aromatic rings. The number of hydrogen-bond donors (Lipinski definition) is 1. The van der Waals surface area contributed by atoms with Gasteiger partial charge in [-0.15, -0.1) is 0 Å². The Bertz CT molecular complexity index is 284. The lowest BCUT2D eigenvalue weighted by Crippen LogP contribution is -1.90. The van der Waals surface area contributed by atoms with Crippen molar-refractivity contribution in [3.8, 4) is 0 Å². The van der Waals surface area contributed by atoms with E-state index in [-0.39, 0.29) is 0 Å². The van der Waals surface area contributed by atoms with Crippen LogP contribution in [0.4, 0.5) is 5.69 Å². The summed E-state index contributed by atoms with van der Waals surface area (Å²) < 4.78 is 0. The number of aromatic nitrogens is 1. The molecule has 0 amide bonds. The maximum atomic E-state index is 9.85. The van der Waals surface area contributed by atoms with Crippen LogP contribution in [0.25, 0.3) is 0 Å². The van der Waals surface area contributed by atoms with Crippen LogP contribution in [0.15, 0.2) is 36.9 Å². The Labute approximate surface area is 68.9 Å². The van der Waals surface area contributed by atoms with E-state index in [2.05, 4.69) is 10.3 Å². The summed E-state index contributed by atoms with van der Waals surface area (Å²) in [5.41, 5.74) is 0.718. The van der Waals surface area contributed by atoms with Crippen molar-refractivity contribution < 1.29 is 4.92 Å². The van der Waals surface area contributed by atoms with Gasteiger partial charge in [-0.05, 0) is 12.1 Å². The molecular formula is C7H7N3O2. The van der Waals surface area contributed by atoms with Crippen molar-refractivity contribution in [2.75, 3.05) is 5.32 Å². The molecule has 0 unspecified atom stereocenters. The van der Waals surface area contributed by atoms with Crippen LogP contribution in [0.1, 0.15) is 0 Å². The molecule has 0 atom stereocenters. The van der Waals surface area contributed by atoms with E-state index in [1.165, 1.54) is 6.20 Å². The second-order valence-electron chi connectivity index (χ2n) is 1.99. The van der Waals surface area contributed by atoms with E-state index in [0.717, 1.165) is 11.9 Å². The van der Waals surface area contributed by atoms with Crippen LogP contribution in [0, 0.1) is 10.1 Å². The van der Waals surface area contributed by atoms with Crippen LogP contribution >= 0.6 is 0 Å².